The van der Waals surface area contributed by atoms with Gasteiger partial charge in [-0.15, -0.1) is 0 Å². The number of ether oxygens (including phenoxy) is 1. The Kier molecular flexibility index (Phi) is 5.55. The number of aromatic nitrogens is 2. The summed E-state index contributed by atoms with van der Waals surface area (Å²) in [5.41, 5.74) is 1.90. The Morgan fingerprint density at radius 2 is 2.12 bits per heavy atom. The molecule has 1 N–H and O–H groups in total. The van der Waals surface area contributed by atoms with Crippen LogP contribution in [0.5, 0.6) is 5.75 Å². The Balaban J connectivity index is 1.48. The van der Waals surface area contributed by atoms with Crippen LogP contribution in [0.2, 0.25) is 0 Å². The van der Waals surface area contributed by atoms with Crippen molar-refractivity contribution in [1.29, 1.82) is 0 Å². The third-order valence-corrected chi connectivity index (χ3v) is 4.68. The maximum absolute atomic E-state index is 12.4. The summed E-state index contributed by atoms with van der Waals surface area (Å²) in [5, 5.41) is 2.95. The van der Waals surface area contributed by atoms with E-state index in [1.165, 1.54) is 0 Å². The average molecular weight is 356 g/mol. The van der Waals surface area contributed by atoms with Gasteiger partial charge in [0, 0.05) is 43.6 Å². The van der Waals surface area contributed by atoms with E-state index in [1.807, 2.05) is 37.4 Å². The molecule has 3 rings (SSSR count). The lowest BCUT2D eigenvalue weighted by molar-refractivity contribution is -0.126. The summed E-state index contributed by atoms with van der Waals surface area (Å²) in [6.07, 6.45) is 4.68. The Hall–Kier alpha value is -2.83. The number of anilines is 1. The van der Waals surface area contributed by atoms with Crippen LogP contribution in [0, 0.1) is 12.8 Å². The molecule has 0 bridgehead atoms. The van der Waals surface area contributed by atoms with Crippen LogP contribution in [0.1, 0.15) is 18.5 Å². The fourth-order valence-electron chi connectivity index (χ4n) is 3.12. The molecular weight excluding hydrogens is 332 g/mol. The minimum absolute atomic E-state index is 0.0237. The zero-order valence-corrected chi connectivity index (χ0v) is 15.1. The summed E-state index contributed by atoms with van der Waals surface area (Å²) in [6.45, 7) is 3.82. The zero-order chi connectivity index (χ0) is 18.5. The van der Waals surface area contributed by atoms with Crippen LogP contribution >= 0.6 is 0 Å². The van der Waals surface area contributed by atoms with E-state index in [9.17, 15) is 9.59 Å². The second-order valence-corrected chi connectivity index (χ2v) is 6.48. The number of imidazole rings is 1. The van der Waals surface area contributed by atoms with E-state index in [2.05, 4.69) is 14.9 Å². The molecule has 1 aromatic carbocycles. The molecule has 1 fully saturated rings. The number of rotatable bonds is 7. The quantitative estimate of drug-likeness (QED) is 0.767. The molecule has 0 radical (unpaired) electrons. The van der Waals surface area contributed by atoms with Gasteiger partial charge in [-0.2, -0.15) is 0 Å². The molecule has 2 amide bonds. The van der Waals surface area contributed by atoms with E-state index >= 15 is 0 Å². The number of benzene rings is 1. The maximum Gasteiger partial charge on any atom is 0.227 e. The Labute approximate surface area is 153 Å². The number of hydrogen-bond donors (Lipinski definition) is 1. The van der Waals surface area contributed by atoms with E-state index in [1.54, 1.807) is 18.3 Å². The number of aryl methyl sites for hydroxylation is 2. The number of hydrogen-bond acceptors (Lipinski definition) is 4. The van der Waals surface area contributed by atoms with Gasteiger partial charge in [0.25, 0.3) is 0 Å². The molecule has 0 saturated carbocycles. The van der Waals surface area contributed by atoms with Crippen molar-refractivity contribution in [3.8, 4) is 5.75 Å². The van der Waals surface area contributed by atoms with Crippen molar-refractivity contribution in [3.05, 3.63) is 42.5 Å². The van der Waals surface area contributed by atoms with Gasteiger partial charge in [-0.3, -0.25) is 9.59 Å². The molecule has 26 heavy (non-hydrogen) atoms. The van der Waals surface area contributed by atoms with Crippen LogP contribution in [0.3, 0.4) is 0 Å². The first kappa shape index (κ1) is 18.0. The normalized spacial score (nSPS) is 16.8. The van der Waals surface area contributed by atoms with Gasteiger partial charge in [-0.1, -0.05) is 0 Å². The summed E-state index contributed by atoms with van der Waals surface area (Å²) in [6, 6.07) is 7.30. The van der Waals surface area contributed by atoms with Crippen molar-refractivity contribution >= 4 is 17.5 Å². The minimum atomic E-state index is -0.306. The molecule has 0 spiro atoms. The van der Waals surface area contributed by atoms with E-state index in [0.717, 1.165) is 30.1 Å². The van der Waals surface area contributed by atoms with E-state index < -0.39 is 0 Å². The van der Waals surface area contributed by atoms with Crippen LogP contribution in [0.4, 0.5) is 5.69 Å². The number of nitrogens with one attached hydrogen (secondary N) is 1. The van der Waals surface area contributed by atoms with Gasteiger partial charge in [0.15, 0.2) is 0 Å². The van der Waals surface area contributed by atoms with Gasteiger partial charge >= 0.3 is 0 Å². The zero-order valence-electron chi connectivity index (χ0n) is 15.1. The number of carbonyl (C=O) groups is 2. The molecular formula is C19H24N4O3. The van der Waals surface area contributed by atoms with Crippen molar-refractivity contribution in [2.45, 2.75) is 26.3 Å². The Morgan fingerprint density at radius 1 is 1.35 bits per heavy atom. The number of nitrogens with zero attached hydrogens (tertiary/aromatic N) is 3. The van der Waals surface area contributed by atoms with Gasteiger partial charge < -0.3 is 19.5 Å². The molecule has 2 aromatic rings. The second kappa shape index (κ2) is 8.03. The molecule has 1 aliphatic rings. The predicted molar refractivity (Wildman–Crippen MR) is 98.0 cm³/mol. The molecule has 1 aromatic heterocycles. The first-order valence-electron chi connectivity index (χ1n) is 8.77. The number of methoxy groups -OCH3 is 1. The van der Waals surface area contributed by atoms with E-state index in [-0.39, 0.29) is 24.2 Å². The van der Waals surface area contributed by atoms with Gasteiger partial charge in [-0.25, -0.2) is 4.98 Å². The molecule has 7 heteroatoms. The molecule has 0 unspecified atom stereocenters. The van der Waals surface area contributed by atoms with Crippen LogP contribution in [0.25, 0.3) is 0 Å². The maximum atomic E-state index is 12.4. The Bertz CT molecular complexity index is 769. The lowest BCUT2D eigenvalue weighted by Gasteiger charge is -2.17. The monoisotopic (exact) mass is 356 g/mol. The standard InChI is InChI=1S/C19H24N4O3/c1-14-11-20-13-22(14)9-3-8-21-19(25)15-10-18(24)23(12-15)16-4-6-17(26-2)7-5-16/h4-7,11,13,15H,3,8-10,12H2,1-2H3,(H,21,25)/t15-/m0/s1. The molecule has 138 valence electrons. The number of carbonyl (C=O) groups excluding carboxylic acids is 2. The molecule has 0 aliphatic carbocycles. The molecule has 1 aliphatic heterocycles. The smallest absolute Gasteiger partial charge is 0.227 e. The first-order chi connectivity index (χ1) is 12.6. The lowest BCUT2D eigenvalue weighted by atomic mass is 10.1. The summed E-state index contributed by atoms with van der Waals surface area (Å²) < 4.78 is 7.19. The first-order valence-corrected chi connectivity index (χ1v) is 8.77. The van der Waals surface area contributed by atoms with Crippen LogP contribution < -0.4 is 15.0 Å². The molecule has 1 atom stereocenters. The number of amides is 2. The topological polar surface area (TPSA) is 76.5 Å². The van der Waals surface area contributed by atoms with Crippen LogP contribution in [-0.2, 0) is 16.1 Å². The highest BCUT2D eigenvalue weighted by Crippen LogP contribution is 2.26. The van der Waals surface area contributed by atoms with Crippen molar-refractivity contribution in [3.63, 3.8) is 0 Å². The third-order valence-electron chi connectivity index (χ3n) is 4.68. The highest BCUT2D eigenvalue weighted by atomic mass is 16.5. The van der Waals surface area contributed by atoms with Crippen LogP contribution in [-0.4, -0.2) is 41.6 Å². The van der Waals surface area contributed by atoms with Crippen LogP contribution in [0.15, 0.2) is 36.8 Å². The van der Waals surface area contributed by atoms with Gasteiger partial charge in [0.2, 0.25) is 11.8 Å². The lowest BCUT2D eigenvalue weighted by Crippen LogP contribution is -2.33. The summed E-state index contributed by atoms with van der Waals surface area (Å²) in [7, 11) is 1.60. The van der Waals surface area contributed by atoms with Gasteiger partial charge in [0.05, 0.1) is 19.4 Å². The summed E-state index contributed by atoms with van der Waals surface area (Å²) in [5.74, 6) is 0.350. The molecule has 2 heterocycles. The Morgan fingerprint density at radius 3 is 2.77 bits per heavy atom. The van der Waals surface area contributed by atoms with E-state index in [4.69, 9.17) is 4.74 Å². The average Bonchev–Trinajstić information content (AvgIpc) is 3.24. The SMILES string of the molecule is COc1ccc(N2C[C@@H](C(=O)NCCCn3cncc3C)CC2=O)cc1. The largest absolute Gasteiger partial charge is 0.497 e. The van der Waals surface area contributed by atoms with Crippen molar-refractivity contribution in [2.24, 2.45) is 5.92 Å². The molecule has 1 saturated heterocycles. The minimum Gasteiger partial charge on any atom is -0.497 e. The van der Waals surface area contributed by atoms with Gasteiger partial charge in [0.1, 0.15) is 5.75 Å². The highest BCUT2D eigenvalue weighted by molar-refractivity contribution is 6.00. The van der Waals surface area contributed by atoms with Gasteiger partial charge in [-0.05, 0) is 37.6 Å². The third kappa shape index (κ3) is 4.04. The fourth-order valence-corrected chi connectivity index (χ4v) is 3.12. The highest BCUT2D eigenvalue weighted by Gasteiger charge is 2.34. The summed E-state index contributed by atoms with van der Waals surface area (Å²) >= 11 is 0. The second-order valence-electron chi connectivity index (χ2n) is 6.48. The van der Waals surface area contributed by atoms with Crippen molar-refractivity contribution in [1.82, 2.24) is 14.9 Å². The fraction of sp³-hybridized carbons (Fsp3) is 0.421. The van der Waals surface area contributed by atoms with E-state index in [0.29, 0.717) is 13.1 Å². The van der Waals surface area contributed by atoms with Crippen molar-refractivity contribution in [2.75, 3.05) is 25.1 Å². The molecule has 7 nitrogen and oxygen atoms in total. The summed E-state index contributed by atoms with van der Waals surface area (Å²) in [4.78, 5) is 30.4. The predicted octanol–water partition coefficient (Wildman–Crippen LogP) is 1.76. The van der Waals surface area contributed by atoms with Crippen molar-refractivity contribution < 1.29 is 14.3 Å².